The maximum absolute atomic E-state index is 12.8. The number of para-hydroxylation sites is 2. The van der Waals surface area contributed by atoms with E-state index < -0.39 is 0 Å². The molecule has 0 spiro atoms. The molecule has 0 unspecified atom stereocenters. The molecule has 0 bridgehead atoms. The van der Waals surface area contributed by atoms with Gasteiger partial charge in [0.1, 0.15) is 11.6 Å². The van der Waals surface area contributed by atoms with Crippen molar-refractivity contribution in [2.45, 2.75) is 19.5 Å². The Bertz CT molecular complexity index is 780. The van der Waals surface area contributed by atoms with Crippen molar-refractivity contribution in [3.05, 3.63) is 65.7 Å². The summed E-state index contributed by atoms with van der Waals surface area (Å²) in [5, 5.41) is 5.56. The van der Waals surface area contributed by atoms with Crippen LogP contribution in [0.2, 0.25) is 0 Å². The van der Waals surface area contributed by atoms with Crippen LogP contribution in [-0.2, 0) is 6.54 Å². The fourth-order valence-corrected chi connectivity index (χ4v) is 2.28. The standard InChI is InChI=1S/C17H17FN4O/c1-11(16-21-14-4-2-3-5-15(14)22-16)20-17(23)19-10-12-6-8-13(18)9-7-12/h2-9,11H,10H2,1H3,(H,21,22)(H2,19,20,23)/t11-/m1/s1. The Morgan fingerprint density at radius 1 is 1.22 bits per heavy atom. The third-order valence-electron chi connectivity index (χ3n) is 3.53. The minimum Gasteiger partial charge on any atom is -0.340 e. The zero-order chi connectivity index (χ0) is 16.2. The summed E-state index contributed by atoms with van der Waals surface area (Å²) in [6.45, 7) is 2.19. The monoisotopic (exact) mass is 312 g/mol. The Morgan fingerprint density at radius 3 is 2.70 bits per heavy atom. The molecule has 6 heteroatoms. The fourth-order valence-electron chi connectivity index (χ4n) is 2.28. The van der Waals surface area contributed by atoms with Crippen LogP contribution in [0, 0.1) is 5.82 Å². The van der Waals surface area contributed by atoms with Crippen LogP contribution in [-0.4, -0.2) is 16.0 Å². The van der Waals surface area contributed by atoms with Gasteiger partial charge in [-0.1, -0.05) is 24.3 Å². The van der Waals surface area contributed by atoms with Gasteiger partial charge >= 0.3 is 6.03 Å². The van der Waals surface area contributed by atoms with Gasteiger partial charge in [0.15, 0.2) is 0 Å². The summed E-state index contributed by atoms with van der Waals surface area (Å²) < 4.78 is 12.8. The Hall–Kier alpha value is -2.89. The molecule has 118 valence electrons. The highest BCUT2D eigenvalue weighted by molar-refractivity contribution is 5.76. The van der Waals surface area contributed by atoms with Gasteiger partial charge in [-0.25, -0.2) is 14.2 Å². The highest BCUT2D eigenvalue weighted by atomic mass is 19.1. The van der Waals surface area contributed by atoms with Crippen molar-refractivity contribution in [1.82, 2.24) is 20.6 Å². The van der Waals surface area contributed by atoms with E-state index in [0.29, 0.717) is 12.4 Å². The second kappa shape index (κ2) is 6.48. The lowest BCUT2D eigenvalue weighted by Gasteiger charge is -2.12. The van der Waals surface area contributed by atoms with Crippen LogP contribution in [0.15, 0.2) is 48.5 Å². The predicted octanol–water partition coefficient (Wildman–Crippen LogP) is 3.26. The average molecular weight is 312 g/mol. The van der Waals surface area contributed by atoms with Gasteiger partial charge in [0.05, 0.1) is 17.1 Å². The first-order valence-corrected chi connectivity index (χ1v) is 7.35. The molecule has 1 heterocycles. The lowest BCUT2D eigenvalue weighted by atomic mass is 10.2. The highest BCUT2D eigenvalue weighted by Crippen LogP contribution is 2.15. The highest BCUT2D eigenvalue weighted by Gasteiger charge is 2.13. The van der Waals surface area contributed by atoms with Gasteiger partial charge in [-0.3, -0.25) is 0 Å². The molecule has 0 aliphatic heterocycles. The second-order valence-electron chi connectivity index (χ2n) is 5.31. The van der Waals surface area contributed by atoms with Crippen molar-refractivity contribution < 1.29 is 9.18 Å². The normalized spacial score (nSPS) is 12.1. The van der Waals surface area contributed by atoms with Gasteiger partial charge in [0.25, 0.3) is 0 Å². The molecule has 0 fully saturated rings. The molecule has 5 nitrogen and oxygen atoms in total. The SMILES string of the molecule is C[C@@H](NC(=O)NCc1ccc(F)cc1)c1nc2ccccc2[nH]1. The largest absolute Gasteiger partial charge is 0.340 e. The van der Waals surface area contributed by atoms with Gasteiger partial charge in [-0.2, -0.15) is 0 Å². The van der Waals surface area contributed by atoms with Crippen molar-refractivity contribution in [3.63, 3.8) is 0 Å². The van der Waals surface area contributed by atoms with Gasteiger partial charge in [-0.05, 0) is 36.8 Å². The quantitative estimate of drug-likeness (QED) is 0.692. The molecule has 1 atom stereocenters. The fraction of sp³-hybridized carbons (Fsp3) is 0.176. The number of fused-ring (bicyclic) bond motifs is 1. The number of benzene rings is 2. The number of hydrogen-bond donors (Lipinski definition) is 3. The van der Waals surface area contributed by atoms with E-state index in [1.54, 1.807) is 12.1 Å². The van der Waals surface area contributed by atoms with Crippen LogP contribution in [0.4, 0.5) is 9.18 Å². The van der Waals surface area contributed by atoms with Gasteiger partial charge in [-0.15, -0.1) is 0 Å². The molecule has 3 rings (SSSR count). The number of imidazole rings is 1. The summed E-state index contributed by atoms with van der Waals surface area (Å²) in [5.74, 6) is 0.403. The molecule has 0 aliphatic rings. The van der Waals surface area contributed by atoms with E-state index in [9.17, 15) is 9.18 Å². The Kier molecular flexibility index (Phi) is 4.23. The number of H-pyrrole nitrogens is 1. The van der Waals surface area contributed by atoms with Crippen molar-refractivity contribution in [3.8, 4) is 0 Å². The van der Waals surface area contributed by atoms with E-state index in [1.165, 1.54) is 12.1 Å². The van der Waals surface area contributed by atoms with Crippen LogP contribution < -0.4 is 10.6 Å². The number of rotatable bonds is 4. The van der Waals surface area contributed by atoms with E-state index in [-0.39, 0.29) is 17.9 Å². The molecule has 1 aromatic heterocycles. The number of halogens is 1. The minimum atomic E-state index is -0.303. The van der Waals surface area contributed by atoms with Crippen LogP contribution in [0.3, 0.4) is 0 Å². The Labute approximate surface area is 132 Å². The van der Waals surface area contributed by atoms with Gasteiger partial charge < -0.3 is 15.6 Å². The van der Waals surface area contributed by atoms with Gasteiger partial charge in [0.2, 0.25) is 0 Å². The van der Waals surface area contributed by atoms with E-state index in [0.717, 1.165) is 16.6 Å². The molecule has 23 heavy (non-hydrogen) atoms. The lowest BCUT2D eigenvalue weighted by Crippen LogP contribution is -2.36. The third-order valence-corrected chi connectivity index (χ3v) is 3.53. The van der Waals surface area contributed by atoms with E-state index >= 15 is 0 Å². The first-order chi connectivity index (χ1) is 11.1. The first kappa shape index (κ1) is 15.0. The molecule has 0 saturated heterocycles. The summed E-state index contributed by atoms with van der Waals surface area (Å²) in [7, 11) is 0. The Balaban J connectivity index is 1.57. The molecule has 2 amide bonds. The van der Waals surface area contributed by atoms with Crippen molar-refractivity contribution in [1.29, 1.82) is 0 Å². The zero-order valence-electron chi connectivity index (χ0n) is 12.6. The molecule has 0 saturated carbocycles. The maximum atomic E-state index is 12.8. The van der Waals surface area contributed by atoms with E-state index in [1.807, 2.05) is 31.2 Å². The lowest BCUT2D eigenvalue weighted by molar-refractivity contribution is 0.237. The van der Waals surface area contributed by atoms with E-state index in [2.05, 4.69) is 20.6 Å². The predicted molar refractivity (Wildman–Crippen MR) is 86.3 cm³/mol. The molecule has 3 aromatic rings. The third kappa shape index (κ3) is 3.66. The number of aromatic nitrogens is 2. The summed E-state index contributed by atoms with van der Waals surface area (Å²) in [4.78, 5) is 19.6. The average Bonchev–Trinajstić information content (AvgIpc) is 2.98. The topological polar surface area (TPSA) is 69.8 Å². The van der Waals surface area contributed by atoms with Crippen molar-refractivity contribution in [2.75, 3.05) is 0 Å². The summed E-state index contributed by atoms with van der Waals surface area (Å²) in [6, 6.07) is 13.1. The molecular weight excluding hydrogens is 295 g/mol. The maximum Gasteiger partial charge on any atom is 0.315 e. The van der Waals surface area contributed by atoms with Crippen LogP contribution >= 0.6 is 0 Å². The van der Waals surface area contributed by atoms with Crippen LogP contribution in [0.25, 0.3) is 11.0 Å². The number of amides is 2. The Morgan fingerprint density at radius 2 is 1.96 bits per heavy atom. The second-order valence-corrected chi connectivity index (χ2v) is 5.31. The summed E-state index contributed by atoms with van der Waals surface area (Å²) in [5.41, 5.74) is 2.63. The molecule has 0 radical (unpaired) electrons. The summed E-state index contributed by atoms with van der Waals surface area (Å²) >= 11 is 0. The molecule has 0 aliphatic carbocycles. The van der Waals surface area contributed by atoms with Gasteiger partial charge in [0, 0.05) is 6.54 Å². The molecule has 2 aromatic carbocycles. The van der Waals surface area contributed by atoms with E-state index in [4.69, 9.17) is 0 Å². The number of carbonyl (C=O) groups is 1. The molecule has 3 N–H and O–H groups in total. The number of urea groups is 1. The number of nitrogens with zero attached hydrogens (tertiary/aromatic N) is 1. The van der Waals surface area contributed by atoms with Crippen molar-refractivity contribution >= 4 is 17.1 Å². The molecular formula is C17H17FN4O. The number of carbonyl (C=O) groups excluding carboxylic acids is 1. The van der Waals surface area contributed by atoms with Crippen LogP contribution in [0.1, 0.15) is 24.4 Å². The number of aromatic amines is 1. The van der Waals surface area contributed by atoms with Crippen LogP contribution in [0.5, 0.6) is 0 Å². The number of nitrogens with one attached hydrogen (secondary N) is 3. The summed E-state index contributed by atoms with van der Waals surface area (Å²) in [6.07, 6.45) is 0. The van der Waals surface area contributed by atoms with Crippen molar-refractivity contribution in [2.24, 2.45) is 0 Å². The first-order valence-electron chi connectivity index (χ1n) is 7.35. The zero-order valence-corrected chi connectivity index (χ0v) is 12.6. The smallest absolute Gasteiger partial charge is 0.315 e. The number of hydrogen-bond acceptors (Lipinski definition) is 2. The minimum absolute atomic E-state index is 0.254.